The Morgan fingerprint density at radius 3 is 2.42 bits per heavy atom. The molecular formula is C11H12O. The second-order valence-electron chi connectivity index (χ2n) is 3.35. The van der Waals surface area contributed by atoms with Gasteiger partial charge in [-0.25, -0.2) is 0 Å². The van der Waals surface area contributed by atoms with Crippen LogP contribution in [-0.2, 0) is 0 Å². The molecule has 0 unspecified atom stereocenters. The first kappa shape index (κ1) is 7.56. The summed E-state index contributed by atoms with van der Waals surface area (Å²) in [6.45, 7) is 0. The molecular weight excluding hydrogens is 148 g/mol. The van der Waals surface area contributed by atoms with Gasteiger partial charge in [0.2, 0.25) is 0 Å². The van der Waals surface area contributed by atoms with Crippen LogP contribution in [0.15, 0.2) is 36.4 Å². The molecule has 0 aliphatic heterocycles. The predicted molar refractivity (Wildman–Crippen MR) is 49.7 cm³/mol. The van der Waals surface area contributed by atoms with Crippen molar-refractivity contribution in [3.63, 3.8) is 0 Å². The molecule has 1 aromatic rings. The van der Waals surface area contributed by atoms with Crippen LogP contribution in [-0.4, -0.2) is 10.7 Å². The summed E-state index contributed by atoms with van der Waals surface area (Å²) < 4.78 is 0. The molecule has 0 saturated heterocycles. The van der Waals surface area contributed by atoms with Gasteiger partial charge in [-0.1, -0.05) is 42.5 Å². The van der Waals surface area contributed by atoms with Crippen molar-refractivity contribution in [1.29, 1.82) is 0 Å². The van der Waals surface area contributed by atoms with Crippen molar-refractivity contribution in [1.82, 2.24) is 0 Å². The molecule has 1 nitrogen and oxygen atoms in total. The lowest BCUT2D eigenvalue weighted by Crippen LogP contribution is -1.99. The third-order valence-electron chi connectivity index (χ3n) is 2.15. The Bertz CT molecular complexity index is 283. The average Bonchev–Trinajstić information content (AvgIpc) is 2.84. The van der Waals surface area contributed by atoms with E-state index >= 15 is 0 Å². The first-order chi connectivity index (χ1) is 5.79. The van der Waals surface area contributed by atoms with Gasteiger partial charge in [0.1, 0.15) is 0 Å². The summed E-state index contributed by atoms with van der Waals surface area (Å²) in [7, 11) is 0. The molecule has 12 heavy (non-hydrogen) atoms. The summed E-state index contributed by atoms with van der Waals surface area (Å²) in [5.41, 5.74) is 0.674. The molecule has 1 aromatic carbocycles. The Labute approximate surface area is 72.4 Å². The molecule has 1 fully saturated rings. The number of rotatable bonds is 2. The maximum Gasteiger partial charge on any atom is 0.0833 e. The lowest BCUT2D eigenvalue weighted by Gasteiger charge is -1.97. The van der Waals surface area contributed by atoms with Gasteiger partial charge in [-0.15, -0.1) is 0 Å². The van der Waals surface area contributed by atoms with Crippen molar-refractivity contribution in [3.8, 4) is 0 Å². The smallest absolute Gasteiger partial charge is 0.0833 e. The van der Waals surface area contributed by atoms with E-state index in [0.29, 0.717) is 0 Å². The Kier molecular flexibility index (Phi) is 1.74. The summed E-state index contributed by atoms with van der Waals surface area (Å²) >= 11 is 0. The summed E-state index contributed by atoms with van der Waals surface area (Å²) in [5.74, 6) is 0. The topological polar surface area (TPSA) is 20.2 Å². The van der Waals surface area contributed by atoms with Gasteiger partial charge in [-0.05, 0) is 18.4 Å². The Morgan fingerprint density at radius 2 is 1.83 bits per heavy atom. The van der Waals surface area contributed by atoms with Gasteiger partial charge in [0.05, 0.1) is 5.60 Å². The fraction of sp³-hybridized carbons (Fsp3) is 0.273. The minimum atomic E-state index is -0.476. The van der Waals surface area contributed by atoms with E-state index < -0.39 is 5.60 Å². The SMILES string of the molecule is OC1(/C=C/c2ccccc2)CC1. The van der Waals surface area contributed by atoms with Crippen molar-refractivity contribution in [2.45, 2.75) is 18.4 Å². The summed E-state index contributed by atoms with van der Waals surface area (Å²) in [4.78, 5) is 0. The highest BCUT2D eigenvalue weighted by Gasteiger charge is 2.36. The van der Waals surface area contributed by atoms with Crippen LogP contribution in [0.25, 0.3) is 6.08 Å². The van der Waals surface area contributed by atoms with Crippen LogP contribution in [0.4, 0.5) is 0 Å². The average molecular weight is 160 g/mol. The number of aliphatic hydroxyl groups is 1. The third kappa shape index (κ3) is 1.74. The fourth-order valence-electron chi connectivity index (χ4n) is 1.11. The van der Waals surface area contributed by atoms with Gasteiger partial charge in [0, 0.05) is 0 Å². The van der Waals surface area contributed by atoms with Gasteiger partial charge in [0.15, 0.2) is 0 Å². The largest absolute Gasteiger partial charge is 0.386 e. The quantitative estimate of drug-likeness (QED) is 0.703. The van der Waals surface area contributed by atoms with Crippen LogP contribution < -0.4 is 0 Å². The van der Waals surface area contributed by atoms with Crippen LogP contribution in [0.3, 0.4) is 0 Å². The van der Waals surface area contributed by atoms with Crippen LogP contribution >= 0.6 is 0 Å². The monoisotopic (exact) mass is 160 g/mol. The van der Waals surface area contributed by atoms with Crippen molar-refractivity contribution < 1.29 is 5.11 Å². The van der Waals surface area contributed by atoms with Crippen molar-refractivity contribution in [2.75, 3.05) is 0 Å². The number of hydrogen-bond donors (Lipinski definition) is 1. The first-order valence-electron chi connectivity index (χ1n) is 4.25. The summed E-state index contributed by atoms with van der Waals surface area (Å²) in [6, 6.07) is 10.0. The van der Waals surface area contributed by atoms with Gasteiger partial charge in [-0.3, -0.25) is 0 Å². The second kappa shape index (κ2) is 2.76. The zero-order chi connectivity index (χ0) is 8.44. The van der Waals surface area contributed by atoms with E-state index in [1.807, 2.05) is 42.5 Å². The highest BCUT2D eigenvalue weighted by molar-refractivity contribution is 5.51. The van der Waals surface area contributed by atoms with Gasteiger partial charge >= 0.3 is 0 Å². The predicted octanol–water partition coefficient (Wildman–Crippen LogP) is 2.22. The molecule has 0 radical (unpaired) electrons. The molecule has 1 aliphatic rings. The van der Waals surface area contributed by atoms with Gasteiger partial charge in [-0.2, -0.15) is 0 Å². The van der Waals surface area contributed by atoms with Crippen LogP contribution in [0, 0.1) is 0 Å². The normalized spacial score (nSPS) is 19.8. The van der Waals surface area contributed by atoms with Crippen molar-refractivity contribution in [3.05, 3.63) is 42.0 Å². The maximum absolute atomic E-state index is 9.50. The van der Waals surface area contributed by atoms with E-state index in [1.54, 1.807) is 0 Å². The van der Waals surface area contributed by atoms with Gasteiger partial charge < -0.3 is 5.11 Å². The van der Waals surface area contributed by atoms with Crippen molar-refractivity contribution >= 4 is 6.08 Å². The molecule has 1 saturated carbocycles. The molecule has 1 aliphatic carbocycles. The van der Waals surface area contributed by atoms with Crippen LogP contribution in [0.5, 0.6) is 0 Å². The minimum Gasteiger partial charge on any atom is -0.386 e. The standard InChI is InChI=1S/C11H12O/c12-11(8-9-11)7-6-10-4-2-1-3-5-10/h1-7,12H,8-9H2/b7-6+. The molecule has 0 spiro atoms. The Balaban J connectivity index is 2.08. The molecule has 0 aromatic heterocycles. The van der Waals surface area contributed by atoms with E-state index in [2.05, 4.69) is 0 Å². The lowest BCUT2D eigenvalue weighted by atomic mass is 10.2. The first-order valence-corrected chi connectivity index (χ1v) is 4.25. The number of hydrogen-bond acceptors (Lipinski definition) is 1. The fourth-order valence-corrected chi connectivity index (χ4v) is 1.11. The number of benzene rings is 1. The molecule has 62 valence electrons. The molecule has 1 heteroatoms. The molecule has 0 heterocycles. The summed E-state index contributed by atoms with van der Waals surface area (Å²) in [5, 5.41) is 9.50. The highest BCUT2D eigenvalue weighted by atomic mass is 16.3. The van der Waals surface area contributed by atoms with E-state index in [1.165, 1.54) is 0 Å². The van der Waals surface area contributed by atoms with E-state index in [-0.39, 0.29) is 0 Å². The molecule has 1 N–H and O–H groups in total. The van der Waals surface area contributed by atoms with E-state index in [9.17, 15) is 5.11 Å². The van der Waals surface area contributed by atoms with E-state index in [4.69, 9.17) is 0 Å². The highest BCUT2D eigenvalue weighted by Crippen LogP contribution is 2.36. The molecule has 0 amide bonds. The second-order valence-corrected chi connectivity index (χ2v) is 3.35. The zero-order valence-electron chi connectivity index (χ0n) is 6.90. The van der Waals surface area contributed by atoms with Gasteiger partial charge in [0.25, 0.3) is 0 Å². The van der Waals surface area contributed by atoms with Crippen LogP contribution in [0.1, 0.15) is 18.4 Å². The molecule has 0 atom stereocenters. The zero-order valence-corrected chi connectivity index (χ0v) is 6.90. The lowest BCUT2D eigenvalue weighted by molar-refractivity contribution is 0.203. The molecule has 0 bridgehead atoms. The Hall–Kier alpha value is -1.08. The molecule has 2 rings (SSSR count). The van der Waals surface area contributed by atoms with Crippen molar-refractivity contribution in [2.24, 2.45) is 0 Å². The maximum atomic E-state index is 9.50. The third-order valence-corrected chi connectivity index (χ3v) is 2.15. The van der Waals surface area contributed by atoms with E-state index in [0.717, 1.165) is 18.4 Å². The Morgan fingerprint density at radius 1 is 1.17 bits per heavy atom. The minimum absolute atomic E-state index is 0.476. The van der Waals surface area contributed by atoms with Crippen LogP contribution in [0.2, 0.25) is 0 Å². The summed E-state index contributed by atoms with van der Waals surface area (Å²) in [6.07, 6.45) is 5.70.